The maximum atomic E-state index is 4.59. The average molecular weight is 287 g/mol. The van der Waals surface area contributed by atoms with Gasteiger partial charge in [0.05, 0.1) is 10.4 Å². The van der Waals surface area contributed by atoms with Crippen molar-refractivity contribution in [1.29, 1.82) is 0 Å². The molecular weight excluding hydrogens is 274 g/mol. The summed E-state index contributed by atoms with van der Waals surface area (Å²) in [6.45, 7) is 0. The maximum Gasteiger partial charge on any atom is 0.0709 e. The summed E-state index contributed by atoms with van der Waals surface area (Å²) in [6, 6.07) is 25.2. The first-order chi connectivity index (χ1) is 10.4. The number of aromatic nitrogens is 1. The Balaban J connectivity index is 1.82. The van der Waals surface area contributed by atoms with Gasteiger partial charge in [0.25, 0.3) is 0 Å². The molecule has 0 amide bonds. The molecule has 2 aromatic heterocycles. The third kappa shape index (κ3) is 2.34. The first-order valence-electron chi connectivity index (χ1n) is 6.90. The summed E-state index contributed by atoms with van der Waals surface area (Å²) in [6.07, 6.45) is 1.98. The number of nitrogens with zero attached hydrogens (tertiary/aromatic N) is 1. The van der Waals surface area contributed by atoms with Crippen molar-refractivity contribution >= 4 is 21.4 Å². The number of fused-ring (bicyclic) bond motifs is 1. The second-order valence-corrected chi connectivity index (χ2v) is 6.03. The minimum Gasteiger partial charge on any atom is -0.255 e. The van der Waals surface area contributed by atoms with E-state index in [1.165, 1.54) is 20.5 Å². The third-order valence-electron chi connectivity index (χ3n) is 3.53. The van der Waals surface area contributed by atoms with E-state index in [4.69, 9.17) is 0 Å². The largest absolute Gasteiger partial charge is 0.255 e. The highest BCUT2D eigenvalue weighted by molar-refractivity contribution is 7.22. The topological polar surface area (TPSA) is 12.9 Å². The van der Waals surface area contributed by atoms with Gasteiger partial charge in [0, 0.05) is 16.6 Å². The van der Waals surface area contributed by atoms with Crippen LogP contribution in [-0.2, 0) is 0 Å². The second kappa shape index (κ2) is 5.15. The van der Waals surface area contributed by atoms with Crippen molar-refractivity contribution in [2.75, 3.05) is 0 Å². The van der Waals surface area contributed by atoms with Gasteiger partial charge in [0.2, 0.25) is 0 Å². The normalized spacial score (nSPS) is 10.9. The van der Waals surface area contributed by atoms with Crippen LogP contribution in [0, 0.1) is 0 Å². The van der Waals surface area contributed by atoms with Crippen LogP contribution in [0.5, 0.6) is 0 Å². The van der Waals surface area contributed by atoms with Gasteiger partial charge in [-0.05, 0) is 23.1 Å². The molecule has 0 aliphatic rings. The predicted octanol–water partition coefficient (Wildman–Crippen LogP) is 5.63. The third-order valence-corrected chi connectivity index (χ3v) is 4.67. The lowest BCUT2D eigenvalue weighted by Gasteiger charge is -1.99. The van der Waals surface area contributed by atoms with Crippen LogP contribution >= 0.6 is 11.3 Å². The molecule has 0 saturated heterocycles. The van der Waals surface area contributed by atoms with Gasteiger partial charge in [0.15, 0.2) is 0 Å². The molecule has 4 aromatic rings. The van der Waals surface area contributed by atoms with Crippen LogP contribution in [0.15, 0.2) is 79.0 Å². The summed E-state index contributed by atoms with van der Waals surface area (Å²) in [5, 5.41) is 1.26. The van der Waals surface area contributed by atoms with Crippen LogP contribution in [0.2, 0.25) is 0 Å². The van der Waals surface area contributed by atoms with Crippen molar-refractivity contribution in [3.05, 3.63) is 79.0 Å². The Morgan fingerprint density at radius 3 is 2.10 bits per heavy atom. The molecular formula is C19H13NS. The Morgan fingerprint density at radius 1 is 0.714 bits per heavy atom. The van der Waals surface area contributed by atoms with Crippen LogP contribution in [0.3, 0.4) is 0 Å². The van der Waals surface area contributed by atoms with Gasteiger partial charge in [0.1, 0.15) is 0 Å². The number of thiophene rings is 1. The Labute approximate surface area is 127 Å². The van der Waals surface area contributed by atoms with Crippen molar-refractivity contribution < 1.29 is 0 Å². The predicted molar refractivity (Wildman–Crippen MR) is 90.5 cm³/mol. The minimum atomic E-state index is 1.03. The lowest BCUT2D eigenvalue weighted by atomic mass is 10.1. The van der Waals surface area contributed by atoms with E-state index in [2.05, 4.69) is 53.5 Å². The lowest BCUT2D eigenvalue weighted by Crippen LogP contribution is -1.81. The molecule has 1 nitrogen and oxygen atoms in total. The zero-order chi connectivity index (χ0) is 14.1. The zero-order valence-electron chi connectivity index (χ0n) is 11.4. The van der Waals surface area contributed by atoms with Gasteiger partial charge in [-0.25, -0.2) is 0 Å². The van der Waals surface area contributed by atoms with E-state index >= 15 is 0 Å². The Morgan fingerprint density at radius 2 is 1.38 bits per heavy atom. The van der Waals surface area contributed by atoms with Crippen LogP contribution in [-0.4, -0.2) is 4.98 Å². The summed E-state index contributed by atoms with van der Waals surface area (Å²) in [5.41, 5.74) is 3.45. The second-order valence-electron chi connectivity index (χ2n) is 4.95. The van der Waals surface area contributed by atoms with Gasteiger partial charge in [-0.3, -0.25) is 4.98 Å². The summed E-state index contributed by atoms with van der Waals surface area (Å²) < 4.78 is 1.23. The van der Waals surface area contributed by atoms with Crippen LogP contribution in [0.4, 0.5) is 0 Å². The van der Waals surface area contributed by atoms with Crippen molar-refractivity contribution in [2.24, 2.45) is 0 Å². The molecule has 4 rings (SSSR count). The number of benzene rings is 2. The highest BCUT2D eigenvalue weighted by atomic mass is 32.1. The monoisotopic (exact) mass is 287 g/mol. The van der Waals surface area contributed by atoms with Gasteiger partial charge in [-0.15, -0.1) is 11.3 Å². The van der Waals surface area contributed by atoms with E-state index in [9.17, 15) is 0 Å². The number of hydrogen-bond donors (Lipinski definition) is 0. The lowest BCUT2D eigenvalue weighted by molar-refractivity contribution is 1.36. The average Bonchev–Trinajstić information content (AvgIpc) is 2.99. The molecule has 0 unspecified atom stereocenters. The molecule has 0 aliphatic carbocycles. The SMILES string of the molecule is c1ccc(-c2cc3cc(-c4ccccc4)sc3cn2)cc1. The maximum absolute atomic E-state index is 4.59. The Bertz CT molecular complexity index is 842. The smallest absolute Gasteiger partial charge is 0.0709 e. The van der Waals surface area contributed by atoms with Crippen molar-refractivity contribution in [3.63, 3.8) is 0 Å². The fourth-order valence-corrected chi connectivity index (χ4v) is 3.47. The van der Waals surface area contributed by atoms with E-state index in [1.807, 2.05) is 30.5 Å². The van der Waals surface area contributed by atoms with E-state index in [-0.39, 0.29) is 0 Å². The fraction of sp³-hybridized carbons (Fsp3) is 0. The highest BCUT2D eigenvalue weighted by Gasteiger charge is 2.06. The van der Waals surface area contributed by atoms with Gasteiger partial charge >= 0.3 is 0 Å². The van der Waals surface area contributed by atoms with Gasteiger partial charge in [-0.2, -0.15) is 0 Å². The van der Waals surface area contributed by atoms with Crippen LogP contribution < -0.4 is 0 Å². The van der Waals surface area contributed by atoms with Crippen molar-refractivity contribution in [3.8, 4) is 21.7 Å². The van der Waals surface area contributed by atoms with E-state index < -0.39 is 0 Å². The molecule has 0 spiro atoms. The Hall–Kier alpha value is -2.45. The molecule has 2 heterocycles. The van der Waals surface area contributed by atoms with E-state index in [0.29, 0.717) is 0 Å². The summed E-state index contributed by atoms with van der Waals surface area (Å²) in [4.78, 5) is 5.88. The summed E-state index contributed by atoms with van der Waals surface area (Å²) in [5.74, 6) is 0. The molecule has 2 aromatic carbocycles. The minimum absolute atomic E-state index is 1.03. The highest BCUT2D eigenvalue weighted by Crippen LogP contribution is 2.34. The van der Waals surface area contributed by atoms with Gasteiger partial charge in [-0.1, -0.05) is 60.7 Å². The molecule has 0 radical (unpaired) electrons. The van der Waals surface area contributed by atoms with Crippen LogP contribution in [0.25, 0.3) is 31.8 Å². The van der Waals surface area contributed by atoms with Crippen LogP contribution in [0.1, 0.15) is 0 Å². The molecule has 0 fully saturated rings. The standard InChI is InChI=1S/C19H13NS/c1-3-7-14(8-4-1)17-11-16-12-18(21-19(16)13-20-17)15-9-5-2-6-10-15/h1-13H. The van der Waals surface area contributed by atoms with Crippen molar-refractivity contribution in [2.45, 2.75) is 0 Å². The number of hydrogen-bond acceptors (Lipinski definition) is 2. The fourth-order valence-electron chi connectivity index (χ4n) is 2.46. The molecule has 0 N–H and O–H groups in total. The number of pyridine rings is 1. The quantitative estimate of drug-likeness (QED) is 0.465. The molecule has 0 atom stereocenters. The van der Waals surface area contributed by atoms with Gasteiger partial charge < -0.3 is 0 Å². The number of rotatable bonds is 2. The summed E-state index contributed by atoms with van der Waals surface area (Å²) >= 11 is 1.79. The molecule has 0 bridgehead atoms. The Kier molecular flexibility index (Phi) is 3.02. The summed E-state index contributed by atoms with van der Waals surface area (Å²) in [7, 11) is 0. The van der Waals surface area contributed by atoms with E-state index in [0.717, 1.165) is 11.3 Å². The molecule has 0 saturated carbocycles. The molecule has 100 valence electrons. The van der Waals surface area contributed by atoms with Crippen molar-refractivity contribution in [1.82, 2.24) is 4.98 Å². The molecule has 21 heavy (non-hydrogen) atoms. The first-order valence-corrected chi connectivity index (χ1v) is 7.72. The zero-order valence-corrected chi connectivity index (χ0v) is 12.2. The molecule has 0 aliphatic heterocycles. The van der Waals surface area contributed by atoms with E-state index in [1.54, 1.807) is 11.3 Å². The first kappa shape index (κ1) is 12.3. The molecule has 2 heteroatoms.